The van der Waals surface area contributed by atoms with Crippen LogP contribution in [0, 0.1) is 5.92 Å². The van der Waals surface area contributed by atoms with E-state index in [1.807, 2.05) is 13.8 Å². The zero-order chi connectivity index (χ0) is 11.4. The number of hydrogen-bond donors (Lipinski definition) is 1. The van der Waals surface area contributed by atoms with Crippen molar-refractivity contribution in [1.82, 2.24) is 0 Å². The topological polar surface area (TPSA) is 46.2 Å². The second-order valence-electron chi connectivity index (χ2n) is 3.78. The number of carbonyl (C=O) groups is 2. The fourth-order valence-corrected chi connectivity index (χ4v) is 1.29. The van der Waals surface area contributed by atoms with Gasteiger partial charge in [-0.05, 0) is 12.1 Å². The van der Waals surface area contributed by atoms with Crippen LogP contribution in [0.4, 0.5) is 5.69 Å². The van der Waals surface area contributed by atoms with Crippen LogP contribution in [-0.4, -0.2) is 11.7 Å². The fraction of sp³-hybridized carbons (Fsp3) is 0.333. The average molecular weight is 205 g/mol. The summed E-state index contributed by atoms with van der Waals surface area (Å²) in [6.07, 6.45) is 0. The number of benzene rings is 1. The molecule has 0 saturated carbocycles. The molecule has 0 radical (unpaired) electrons. The van der Waals surface area contributed by atoms with E-state index in [-0.39, 0.29) is 17.6 Å². The normalized spacial score (nSPS) is 10.1. The molecule has 0 saturated heterocycles. The lowest BCUT2D eigenvalue weighted by Gasteiger charge is -2.06. The molecule has 3 heteroatoms. The second kappa shape index (κ2) is 4.73. The van der Waals surface area contributed by atoms with Crippen LogP contribution >= 0.6 is 0 Å². The Labute approximate surface area is 89.5 Å². The Kier molecular flexibility index (Phi) is 3.61. The first-order valence-corrected chi connectivity index (χ1v) is 4.92. The summed E-state index contributed by atoms with van der Waals surface area (Å²) in [5, 5.41) is 2.65. The van der Waals surface area contributed by atoms with Crippen LogP contribution < -0.4 is 5.32 Å². The zero-order valence-corrected chi connectivity index (χ0v) is 9.20. The molecule has 1 N–H and O–H groups in total. The summed E-state index contributed by atoms with van der Waals surface area (Å²) in [6, 6.07) is 6.98. The molecule has 0 heterocycles. The molecule has 0 atom stereocenters. The highest BCUT2D eigenvalue weighted by atomic mass is 16.1. The molecule has 0 aliphatic rings. The van der Waals surface area contributed by atoms with Crippen molar-refractivity contribution in [3.05, 3.63) is 29.8 Å². The van der Waals surface area contributed by atoms with Crippen LogP contribution in [0.1, 0.15) is 31.1 Å². The molecule has 80 valence electrons. The number of carbonyl (C=O) groups excluding carboxylic acids is 2. The molecular formula is C12H15NO2. The van der Waals surface area contributed by atoms with Crippen LogP contribution in [0.15, 0.2) is 24.3 Å². The Morgan fingerprint density at radius 2 is 1.93 bits per heavy atom. The fourth-order valence-electron chi connectivity index (χ4n) is 1.29. The highest BCUT2D eigenvalue weighted by Gasteiger charge is 2.10. The van der Waals surface area contributed by atoms with Crippen LogP contribution in [0.25, 0.3) is 0 Å². The molecule has 3 nitrogen and oxygen atoms in total. The molecule has 0 fully saturated rings. The summed E-state index contributed by atoms with van der Waals surface area (Å²) in [4.78, 5) is 22.5. The van der Waals surface area contributed by atoms with Gasteiger partial charge in [0.2, 0.25) is 5.91 Å². The van der Waals surface area contributed by atoms with E-state index >= 15 is 0 Å². The van der Waals surface area contributed by atoms with Gasteiger partial charge in [-0.25, -0.2) is 0 Å². The minimum atomic E-state index is -0.135. The third-order valence-corrected chi connectivity index (χ3v) is 1.99. The Hall–Kier alpha value is -1.64. The molecule has 0 aromatic heterocycles. The largest absolute Gasteiger partial charge is 0.326 e. The molecule has 1 rings (SSSR count). The predicted molar refractivity (Wildman–Crippen MR) is 59.9 cm³/mol. The number of ketones is 1. The first-order valence-electron chi connectivity index (χ1n) is 4.92. The summed E-state index contributed by atoms with van der Waals surface area (Å²) in [5.41, 5.74) is 1.30. The number of Topliss-reactive ketones (excluding diaryl/α,β-unsaturated/α-hetero) is 1. The molecule has 1 aromatic carbocycles. The highest BCUT2D eigenvalue weighted by molar-refractivity contribution is 5.99. The Balaban J connectivity index is 2.92. The summed E-state index contributed by atoms with van der Waals surface area (Å²) in [5.74, 6) is -0.0797. The molecule has 0 bridgehead atoms. The van der Waals surface area contributed by atoms with Gasteiger partial charge in [0.25, 0.3) is 0 Å². The van der Waals surface area contributed by atoms with Gasteiger partial charge in [0.15, 0.2) is 5.78 Å². The Morgan fingerprint density at radius 1 is 1.27 bits per heavy atom. The first-order chi connectivity index (χ1) is 7.00. The number of nitrogens with one attached hydrogen (secondary N) is 1. The molecular weight excluding hydrogens is 190 g/mol. The highest BCUT2D eigenvalue weighted by Crippen LogP contribution is 2.14. The third-order valence-electron chi connectivity index (χ3n) is 1.99. The maximum Gasteiger partial charge on any atom is 0.221 e. The van der Waals surface area contributed by atoms with Crippen molar-refractivity contribution >= 4 is 17.4 Å². The second-order valence-corrected chi connectivity index (χ2v) is 3.78. The molecule has 0 aliphatic heterocycles. The molecule has 0 unspecified atom stereocenters. The number of anilines is 1. The van der Waals surface area contributed by atoms with E-state index in [0.717, 1.165) is 0 Å². The molecule has 1 amide bonds. The van der Waals surface area contributed by atoms with Crippen LogP contribution in [0.5, 0.6) is 0 Å². The lowest BCUT2D eigenvalue weighted by molar-refractivity contribution is -0.114. The maximum absolute atomic E-state index is 11.7. The maximum atomic E-state index is 11.7. The van der Waals surface area contributed by atoms with Gasteiger partial charge in [0.1, 0.15) is 0 Å². The van der Waals surface area contributed by atoms with Gasteiger partial charge in [0.05, 0.1) is 0 Å². The Bertz CT molecular complexity index is 383. The van der Waals surface area contributed by atoms with E-state index in [0.29, 0.717) is 11.3 Å². The van der Waals surface area contributed by atoms with Gasteiger partial charge in [-0.3, -0.25) is 9.59 Å². The van der Waals surface area contributed by atoms with Crippen molar-refractivity contribution in [1.29, 1.82) is 0 Å². The van der Waals surface area contributed by atoms with Crippen molar-refractivity contribution in [3.8, 4) is 0 Å². The number of rotatable bonds is 3. The average Bonchev–Trinajstić information content (AvgIpc) is 2.16. The van der Waals surface area contributed by atoms with E-state index in [2.05, 4.69) is 5.32 Å². The summed E-state index contributed by atoms with van der Waals surface area (Å²) in [7, 11) is 0. The standard InChI is InChI=1S/C12H15NO2/c1-8(2)12(15)10-5-4-6-11(7-10)13-9(3)14/h4-8H,1-3H3,(H,13,14). The smallest absolute Gasteiger partial charge is 0.221 e. The summed E-state index contributed by atoms with van der Waals surface area (Å²) >= 11 is 0. The molecule has 1 aromatic rings. The van der Waals surface area contributed by atoms with Gasteiger partial charge < -0.3 is 5.32 Å². The third kappa shape index (κ3) is 3.20. The molecule has 0 aliphatic carbocycles. The summed E-state index contributed by atoms with van der Waals surface area (Å²) < 4.78 is 0. The van der Waals surface area contributed by atoms with Crippen LogP contribution in [0.2, 0.25) is 0 Å². The monoisotopic (exact) mass is 205 g/mol. The number of amides is 1. The van der Waals surface area contributed by atoms with Crippen molar-refractivity contribution in [2.75, 3.05) is 5.32 Å². The lowest BCUT2D eigenvalue weighted by Crippen LogP contribution is -2.09. The van der Waals surface area contributed by atoms with Crippen molar-refractivity contribution < 1.29 is 9.59 Å². The van der Waals surface area contributed by atoms with Crippen LogP contribution in [0.3, 0.4) is 0 Å². The van der Waals surface area contributed by atoms with Crippen molar-refractivity contribution in [2.24, 2.45) is 5.92 Å². The SMILES string of the molecule is CC(=O)Nc1cccc(C(=O)C(C)C)c1. The molecule has 0 spiro atoms. The van der Waals surface area contributed by atoms with Gasteiger partial charge in [-0.15, -0.1) is 0 Å². The zero-order valence-electron chi connectivity index (χ0n) is 9.20. The predicted octanol–water partition coefficient (Wildman–Crippen LogP) is 2.48. The van der Waals surface area contributed by atoms with Gasteiger partial charge in [0, 0.05) is 24.1 Å². The van der Waals surface area contributed by atoms with Gasteiger partial charge in [-0.2, -0.15) is 0 Å². The van der Waals surface area contributed by atoms with E-state index in [1.54, 1.807) is 24.3 Å². The van der Waals surface area contributed by atoms with E-state index in [1.165, 1.54) is 6.92 Å². The number of hydrogen-bond acceptors (Lipinski definition) is 2. The Morgan fingerprint density at radius 3 is 2.47 bits per heavy atom. The van der Waals surface area contributed by atoms with Gasteiger partial charge >= 0.3 is 0 Å². The van der Waals surface area contributed by atoms with Gasteiger partial charge in [-0.1, -0.05) is 26.0 Å². The van der Waals surface area contributed by atoms with Crippen LogP contribution in [-0.2, 0) is 4.79 Å². The molecule has 15 heavy (non-hydrogen) atoms. The summed E-state index contributed by atoms with van der Waals surface area (Å²) in [6.45, 7) is 5.15. The van der Waals surface area contributed by atoms with E-state index < -0.39 is 0 Å². The lowest BCUT2D eigenvalue weighted by atomic mass is 10.0. The van der Waals surface area contributed by atoms with Crippen molar-refractivity contribution in [3.63, 3.8) is 0 Å². The quantitative estimate of drug-likeness (QED) is 0.770. The van der Waals surface area contributed by atoms with E-state index in [9.17, 15) is 9.59 Å². The first kappa shape index (κ1) is 11.4. The van der Waals surface area contributed by atoms with E-state index in [4.69, 9.17) is 0 Å². The van der Waals surface area contributed by atoms with Crippen molar-refractivity contribution in [2.45, 2.75) is 20.8 Å². The minimum Gasteiger partial charge on any atom is -0.326 e. The minimum absolute atomic E-state index is 0.0300.